The summed E-state index contributed by atoms with van der Waals surface area (Å²) in [6, 6.07) is 2.92. The molecule has 2 rings (SSSR count). The maximum absolute atomic E-state index is 13.5. The molecule has 0 spiro atoms. The minimum absolute atomic E-state index is 0.207. The minimum Gasteiger partial charge on any atom is -0.447 e. The van der Waals surface area contributed by atoms with Gasteiger partial charge >= 0.3 is 6.09 Å². The average Bonchev–Trinajstić information content (AvgIpc) is 2.93. The Morgan fingerprint density at radius 2 is 1.88 bits per heavy atom. The first kappa shape index (κ1) is 20.1. The molecular weight excluding hydrogens is 357 g/mol. The highest BCUT2D eigenvalue weighted by Gasteiger charge is 2.37. The van der Waals surface area contributed by atoms with Crippen molar-refractivity contribution in [3.05, 3.63) is 29.0 Å². The van der Waals surface area contributed by atoms with Gasteiger partial charge in [0.15, 0.2) is 0 Å². The molecule has 0 unspecified atom stereocenters. The lowest BCUT2D eigenvalue weighted by Gasteiger charge is -2.35. The molecule has 2 N–H and O–H groups in total. The molecule has 0 radical (unpaired) electrons. The SMILES string of the molecule is CC(C)OC(=O)N([C@H](C)c1nc2ccc(F)cc2s1)[C@H](C(N)=O)C(C)C. The molecule has 0 bridgehead atoms. The maximum Gasteiger partial charge on any atom is 0.411 e. The van der Waals surface area contributed by atoms with Gasteiger partial charge in [-0.3, -0.25) is 9.69 Å². The molecular formula is C18H24FN3O3S. The lowest BCUT2D eigenvalue weighted by Crippen LogP contribution is -2.52. The third-order valence-corrected chi connectivity index (χ3v) is 5.10. The summed E-state index contributed by atoms with van der Waals surface area (Å²) in [5, 5.41) is 0.582. The van der Waals surface area contributed by atoms with E-state index in [-0.39, 0.29) is 17.8 Å². The van der Waals surface area contributed by atoms with Crippen molar-refractivity contribution in [1.29, 1.82) is 0 Å². The van der Waals surface area contributed by atoms with Crippen molar-refractivity contribution in [2.45, 2.75) is 52.8 Å². The molecule has 2 amide bonds. The summed E-state index contributed by atoms with van der Waals surface area (Å²) in [6.07, 6.45) is -0.974. The summed E-state index contributed by atoms with van der Waals surface area (Å²) in [6.45, 7) is 8.84. The zero-order valence-corrected chi connectivity index (χ0v) is 16.3. The molecule has 0 saturated heterocycles. The van der Waals surface area contributed by atoms with Crippen LogP contribution in [0, 0.1) is 11.7 Å². The van der Waals surface area contributed by atoms with E-state index in [1.54, 1.807) is 26.8 Å². The highest BCUT2D eigenvalue weighted by atomic mass is 32.1. The fourth-order valence-corrected chi connectivity index (χ4v) is 3.82. The molecule has 0 fully saturated rings. The maximum atomic E-state index is 13.5. The molecule has 8 heteroatoms. The summed E-state index contributed by atoms with van der Waals surface area (Å²) in [5.41, 5.74) is 6.20. The van der Waals surface area contributed by atoms with Crippen LogP contribution in [0.3, 0.4) is 0 Å². The lowest BCUT2D eigenvalue weighted by atomic mass is 10.0. The van der Waals surface area contributed by atoms with Crippen LogP contribution in [-0.4, -0.2) is 34.0 Å². The summed E-state index contributed by atoms with van der Waals surface area (Å²) in [5.74, 6) is -1.17. The highest BCUT2D eigenvalue weighted by Crippen LogP contribution is 2.33. The van der Waals surface area contributed by atoms with Crippen molar-refractivity contribution in [3.8, 4) is 0 Å². The Labute approximate surface area is 156 Å². The second-order valence-corrected chi connectivity index (χ2v) is 7.83. The first-order valence-corrected chi connectivity index (χ1v) is 9.27. The molecule has 6 nitrogen and oxygen atoms in total. The molecule has 2 aromatic rings. The van der Waals surface area contributed by atoms with E-state index < -0.39 is 24.1 Å². The topological polar surface area (TPSA) is 85.5 Å². The Hall–Kier alpha value is -2.22. The molecule has 0 aliphatic carbocycles. The van der Waals surface area contributed by atoms with E-state index in [2.05, 4.69) is 4.98 Å². The number of thiazole rings is 1. The Balaban J connectivity index is 2.47. The number of hydrogen-bond donors (Lipinski definition) is 1. The van der Waals surface area contributed by atoms with E-state index in [1.807, 2.05) is 13.8 Å². The van der Waals surface area contributed by atoms with Crippen molar-refractivity contribution in [1.82, 2.24) is 9.88 Å². The quantitative estimate of drug-likeness (QED) is 0.823. The smallest absolute Gasteiger partial charge is 0.411 e. The number of benzene rings is 1. The third-order valence-electron chi connectivity index (χ3n) is 3.91. The number of fused-ring (bicyclic) bond motifs is 1. The number of ether oxygens (including phenoxy) is 1. The molecule has 2 atom stereocenters. The second kappa shape index (κ2) is 7.99. The van der Waals surface area contributed by atoms with E-state index in [0.717, 1.165) is 0 Å². The number of primary amides is 1. The second-order valence-electron chi connectivity index (χ2n) is 6.77. The molecule has 1 aromatic heterocycles. The Morgan fingerprint density at radius 1 is 1.23 bits per heavy atom. The molecule has 1 heterocycles. The number of hydrogen-bond acceptors (Lipinski definition) is 5. The Morgan fingerprint density at radius 3 is 2.42 bits per heavy atom. The monoisotopic (exact) mass is 381 g/mol. The van der Waals surface area contributed by atoms with Crippen molar-refractivity contribution in [2.75, 3.05) is 0 Å². The molecule has 142 valence electrons. The summed E-state index contributed by atoms with van der Waals surface area (Å²) in [7, 11) is 0. The summed E-state index contributed by atoms with van der Waals surface area (Å²) >= 11 is 1.27. The lowest BCUT2D eigenvalue weighted by molar-refractivity contribution is -0.125. The fourth-order valence-electron chi connectivity index (χ4n) is 2.78. The van der Waals surface area contributed by atoms with Gasteiger partial charge < -0.3 is 10.5 Å². The minimum atomic E-state index is -0.847. The van der Waals surface area contributed by atoms with Crippen LogP contribution in [0.25, 0.3) is 10.2 Å². The number of carbonyl (C=O) groups is 2. The van der Waals surface area contributed by atoms with Gasteiger partial charge in [0.1, 0.15) is 16.9 Å². The van der Waals surface area contributed by atoms with Crippen LogP contribution in [0.1, 0.15) is 45.7 Å². The standard InChI is InChI=1S/C18H24FN3O3S/c1-9(2)15(16(20)23)22(18(24)25-10(3)4)11(5)17-21-13-7-6-12(19)8-14(13)26-17/h6-11,15H,1-5H3,(H2,20,23)/t11-,15+/m1/s1. The van der Waals surface area contributed by atoms with E-state index in [9.17, 15) is 14.0 Å². The zero-order chi connectivity index (χ0) is 19.6. The van der Waals surface area contributed by atoms with E-state index in [4.69, 9.17) is 10.5 Å². The van der Waals surface area contributed by atoms with Gasteiger partial charge in [0.25, 0.3) is 0 Å². The number of rotatable bonds is 6. The molecule has 0 aliphatic rings. The van der Waals surface area contributed by atoms with Crippen LogP contribution in [0.2, 0.25) is 0 Å². The molecule has 0 saturated carbocycles. The van der Waals surface area contributed by atoms with Crippen LogP contribution in [0.5, 0.6) is 0 Å². The number of nitrogens with zero attached hydrogens (tertiary/aromatic N) is 2. The fraction of sp³-hybridized carbons (Fsp3) is 0.500. The van der Waals surface area contributed by atoms with Crippen molar-refractivity contribution >= 4 is 33.6 Å². The van der Waals surface area contributed by atoms with Gasteiger partial charge in [0.2, 0.25) is 5.91 Å². The van der Waals surface area contributed by atoms with Crippen LogP contribution in [0.15, 0.2) is 18.2 Å². The number of halogens is 1. The number of nitrogens with two attached hydrogens (primary N) is 1. The number of amides is 2. The summed E-state index contributed by atoms with van der Waals surface area (Å²) in [4.78, 5) is 30.6. The van der Waals surface area contributed by atoms with E-state index >= 15 is 0 Å². The molecule has 0 aliphatic heterocycles. The Kier molecular flexibility index (Phi) is 6.17. The van der Waals surface area contributed by atoms with Gasteiger partial charge in [-0.1, -0.05) is 13.8 Å². The van der Waals surface area contributed by atoms with Gasteiger partial charge in [0.05, 0.1) is 22.4 Å². The van der Waals surface area contributed by atoms with Crippen molar-refractivity contribution in [3.63, 3.8) is 0 Å². The van der Waals surface area contributed by atoms with Crippen molar-refractivity contribution < 1.29 is 18.7 Å². The average molecular weight is 381 g/mol. The van der Waals surface area contributed by atoms with Gasteiger partial charge in [-0.25, -0.2) is 14.2 Å². The third kappa shape index (κ3) is 4.30. The number of aromatic nitrogens is 1. The van der Waals surface area contributed by atoms with Crippen molar-refractivity contribution in [2.24, 2.45) is 11.7 Å². The molecule has 1 aromatic carbocycles. The highest BCUT2D eigenvalue weighted by molar-refractivity contribution is 7.18. The normalized spacial score (nSPS) is 13.8. The van der Waals surface area contributed by atoms with Gasteiger partial charge in [-0.15, -0.1) is 11.3 Å². The summed E-state index contributed by atoms with van der Waals surface area (Å²) < 4.78 is 19.4. The van der Waals surface area contributed by atoms with Crippen LogP contribution < -0.4 is 5.73 Å². The molecule has 26 heavy (non-hydrogen) atoms. The largest absolute Gasteiger partial charge is 0.447 e. The predicted octanol–water partition coefficient (Wildman–Crippen LogP) is 3.85. The Bertz CT molecular complexity index is 806. The zero-order valence-electron chi connectivity index (χ0n) is 15.5. The van der Waals surface area contributed by atoms with Crippen LogP contribution >= 0.6 is 11.3 Å². The van der Waals surface area contributed by atoms with Gasteiger partial charge in [0, 0.05) is 0 Å². The van der Waals surface area contributed by atoms with Gasteiger partial charge in [-0.05, 0) is 44.9 Å². The van der Waals surface area contributed by atoms with E-state index in [0.29, 0.717) is 15.2 Å². The first-order chi connectivity index (χ1) is 12.1. The van der Waals surface area contributed by atoms with Crippen LogP contribution in [-0.2, 0) is 9.53 Å². The predicted molar refractivity (Wildman–Crippen MR) is 99.3 cm³/mol. The van der Waals surface area contributed by atoms with E-state index in [1.165, 1.54) is 28.4 Å². The first-order valence-electron chi connectivity index (χ1n) is 8.46. The van der Waals surface area contributed by atoms with Crippen LogP contribution in [0.4, 0.5) is 9.18 Å². The van der Waals surface area contributed by atoms with Gasteiger partial charge in [-0.2, -0.15) is 0 Å². The number of carbonyl (C=O) groups excluding carboxylic acids is 2.